The van der Waals surface area contributed by atoms with Crippen molar-refractivity contribution < 1.29 is 9.90 Å². The maximum absolute atomic E-state index is 12.0. The van der Waals surface area contributed by atoms with Crippen LogP contribution >= 0.6 is 0 Å². The summed E-state index contributed by atoms with van der Waals surface area (Å²) in [5.41, 5.74) is -0.259. The Morgan fingerprint density at radius 1 is 1.50 bits per heavy atom. The number of rotatable bonds is 2. The zero-order valence-electron chi connectivity index (χ0n) is 11.0. The van der Waals surface area contributed by atoms with Crippen LogP contribution in [0.1, 0.15) is 41.0 Å². The lowest BCUT2D eigenvalue weighted by Gasteiger charge is -2.49. The molecule has 0 aliphatic carbocycles. The molecule has 1 fully saturated rings. The highest BCUT2D eigenvalue weighted by molar-refractivity contribution is 5.83. The number of nitrogens with one attached hydrogen (secondary N) is 1. The second-order valence-corrected chi connectivity index (χ2v) is 6.20. The molecule has 1 aliphatic rings. The van der Waals surface area contributed by atoms with Gasteiger partial charge in [0.15, 0.2) is 0 Å². The summed E-state index contributed by atoms with van der Waals surface area (Å²) >= 11 is 0. The van der Waals surface area contributed by atoms with Crippen LogP contribution in [0.4, 0.5) is 0 Å². The summed E-state index contributed by atoms with van der Waals surface area (Å²) in [5.74, 6) is 0.0280. The van der Waals surface area contributed by atoms with Crippen LogP contribution in [0.5, 0.6) is 0 Å². The zero-order valence-corrected chi connectivity index (χ0v) is 11.0. The van der Waals surface area contributed by atoms with Gasteiger partial charge in [-0.05, 0) is 41.0 Å². The minimum atomic E-state index is -0.210. The van der Waals surface area contributed by atoms with Crippen LogP contribution in [-0.4, -0.2) is 46.2 Å². The molecule has 0 saturated carbocycles. The molecule has 1 heterocycles. The van der Waals surface area contributed by atoms with Gasteiger partial charge in [-0.1, -0.05) is 0 Å². The maximum Gasteiger partial charge on any atom is 0.237 e. The molecule has 2 N–H and O–H groups in total. The highest BCUT2D eigenvalue weighted by Gasteiger charge is 2.42. The van der Waals surface area contributed by atoms with E-state index in [1.54, 1.807) is 0 Å². The van der Waals surface area contributed by atoms with Crippen molar-refractivity contribution in [1.29, 1.82) is 0 Å². The van der Waals surface area contributed by atoms with E-state index in [1.807, 2.05) is 13.8 Å². The first-order chi connectivity index (χ1) is 7.17. The van der Waals surface area contributed by atoms with Crippen molar-refractivity contribution in [3.8, 4) is 0 Å². The average molecular weight is 228 g/mol. The molecule has 0 bridgehead atoms. The predicted molar refractivity (Wildman–Crippen MR) is 64.2 cm³/mol. The lowest BCUT2D eigenvalue weighted by Crippen LogP contribution is -2.68. The molecule has 0 aromatic heterocycles. The molecule has 4 heteroatoms. The summed E-state index contributed by atoms with van der Waals surface area (Å²) in [4.78, 5) is 14.2. The number of carbonyl (C=O) groups is 1. The van der Waals surface area contributed by atoms with Gasteiger partial charge in [0.1, 0.15) is 0 Å². The Balaban J connectivity index is 2.93. The van der Waals surface area contributed by atoms with Crippen molar-refractivity contribution in [2.75, 3.05) is 13.2 Å². The van der Waals surface area contributed by atoms with E-state index in [9.17, 15) is 4.79 Å². The van der Waals surface area contributed by atoms with E-state index >= 15 is 0 Å². The van der Waals surface area contributed by atoms with E-state index < -0.39 is 0 Å². The van der Waals surface area contributed by atoms with Gasteiger partial charge in [-0.15, -0.1) is 0 Å². The fourth-order valence-electron chi connectivity index (χ4n) is 2.25. The third kappa shape index (κ3) is 2.95. The van der Waals surface area contributed by atoms with Gasteiger partial charge in [-0.25, -0.2) is 0 Å². The quantitative estimate of drug-likeness (QED) is 0.733. The number of piperazine rings is 1. The molecule has 16 heavy (non-hydrogen) atoms. The van der Waals surface area contributed by atoms with Crippen molar-refractivity contribution in [2.24, 2.45) is 0 Å². The Kier molecular flexibility index (Phi) is 3.65. The van der Waals surface area contributed by atoms with E-state index in [1.165, 1.54) is 0 Å². The first-order valence-electron chi connectivity index (χ1n) is 5.87. The van der Waals surface area contributed by atoms with Crippen LogP contribution in [0.3, 0.4) is 0 Å². The van der Waals surface area contributed by atoms with E-state index in [0.717, 1.165) is 6.54 Å². The van der Waals surface area contributed by atoms with Gasteiger partial charge < -0.3 is 10.4 Å². The number of nitrogens with zero attached hydrogens (tertiary/aromatic N) is 1. The van der Waals surface area contributed by atoms with Crippen molar-refractivity contribution in [2.45, 2.75) is 58.2 Å². The van der Waals surface area contributed by atoms with Crippen LogP contribution in [0.25, 0.3) is 0 Å². The summed E-state index contributed by atoms with van der Waals surface area (Å²) in [6.07, 6.45) is 0.499. The second kappa shape index (κ2) is 4.34. The number of hydrogen-bond donors (Lipinski definition) is 2. The third-order valence-electron chi connectivity index (χ3n) is 2.97. The van der Waals surface area contributed by atoms with Gasteiger partial charge in [0.2, 0.25) is 5.91 Å². The monoisotopic (exact) mass is 228 g/mol. The fourth-order valence-corrected chi connectivity index (χ4v) is 2.25. The summed E-state index contributed by atoms with van der Waals surface area (Å²) in [5, 5.41) is 12.0. The van der Waals surface area contributed by atoms with Gasteiger partial charge in [-0.2, -0.15) is 0 Å². The normalized spacial score (nSPS) is 26.6. The highest BCUT2D eigenvalue weighted by Crippen LogP contribution is 2.26. The SMILES string of the molecule is CC1(C)CN(C(C)(C)C)C(CCO)C(=O)N1. The van der Waals surface area contributed by atoms with Crippen molar-refractivity contribution >= 4 is 5.91 Å². The Morgan fingerprint density at radius 3 is 2.50 bits per heavy atom. The Hall–Kier alpha value is -0.610. The first kappa shape index (κ1) is 13.5. The number of hydrogen-bond acceptors (Lipinski definition) is 3. The molecule has 4 nitrogen and oxygen atoms in total. The molecule has 0 aromatic rings. The van der Waals surface area contributed by atoms with Crippen LogP contribution in [0.15, 0.2) is 0 Å². The largest absolute Gasteiger partial charge is 0.396 e. The molecule has 1 atom stereocenters. The molecular formula is C12H24N2O2. The van der Waals surface area contributed by atoms with Crippen molar-refractivity contribution in [1.82, 2.24) is 10.2 Å². The lowest BCUT2D eigenvalue weighted by molar-refractivity contribution is -0.137. The zero-order chi connectivity index (χ0) is 12.6. The molecule has 0 aromatic carbocycles. The van der Waals surface area contributed by atoms with Crippen LogP contribution < -0.4 is 5.32 Å². The van der Waals surface area contributed by atoms with E-state index in [0.29, 0.717) is 6.42 Å². The number of amides is 1. The van der Waals surface area contributed by atoms with Crippen LogP contribution in [-0.2, 0) is 4.79 Å². The molecule has 1 amide bonds. The minimum Gasteiger partial charge on any atom is -0.396 e. The van der Waals surface area contributed by atoms with Crippen LogP contribution in [0, 0.1) is 0 Å². The van der Waals surface area contributed by atoms with E-state index in [4.69, 9.17) is 5.11 Å². The molecule has 1 saturated heterocycles. The summed E-state index contributed by atoms with van der Waals surface area (Å²) in [7, 11) is 0. The summed E-state index contributed by atoms with van der Waals surface area (Å²) in [6.45, 7) is 11.2. The topological polar surface area (TPSA) is 52.6 Å². The van der Waals surface area contributed by atoms with Crippen LogP contribution in [0.2, 0.25) is 0 Å². The second-order valence-electron chi connectivity index (χ2n) is 6.20. The van der Waals surface area contributed by atoms with Gasteiger partial charge in [-0.3, -0.25) is 9.69 Å². The van der Waals surface area contributed by atoms with Gasteiger partial charge in [0.25, 0.3) is 0 Å². The van der Waals surface area contributed by atoms with Crippen molar-refractivity contribution in [3.05, 3.63) is 0 Å². The number of aliphatic hydroxyl groups excluding tert-OH is 1. The highest BCUT2D eigenvalue weighted by atomic mass is 16.3. The van der Waals surface area contributed by atoms with E-state index in [-0.39, 0.29) is 29.6 Å². The molecular weight excluding hydrogens is 204 g/mol. The van der Waals surface area contributed by atoms with E-state index in [2.05, 4.69) is 31.0 Å². The van der Waals surface area contributed by atoms with Gasteiger partial charge in [0, 0.05) is 24.2 Å². The molecule has 94 valence electrons. The Labute approximate surface area is 98.0 Å². The van der Waals surface area contributed by atoms with Crippen molar-refractivity contribution in [3.63, 3.8) is 0 Å². The minimum absolute atomic E-state index is 0.0280. The Bertz CT molecular complexity index is 269. The Morgan fingerprint density at radius 2 is 2.06 bits per heavy atom. The van der Waals surface area contributed by atoms with Gasteiger partial charge >= 0.3 is 0 Å². The summed E-state index contributed by atoms with van der Waals surface area (Å²) in [6, 6.07) is -0.210. The first-order valence-corrected chi connectivity index (χ1v) is 5.87. The number of aliphatic hydroxyl groups is 1. The molecule has 1 aliphatic heterocycles. The summed E-state index contributed by atoms with van der Waals surface area (Å²) < 4.78 is 0. The average Bonchev–Trinajstić information content (AvgIpc) is 2.06. The fraction of sp³-hybridized carbons (Fsp3) is 0.917. The molecule has 1 rings (SSSR count). The molecule has 0 radical (unpaired) electrons. The predicted octanol–water partition coefficient (Wildman–Crippen LogP) is 0.746. The lowest BCUT2D eigenvalue weighted by atomic mass is 9.91. The number of carbonyl (C=O) groups excluding carboxylic acids is 1. The molecule has 0 spiro atoms. The maximum atomic E-state index is 12.0. The smallest absolute Gasteiger partial charge is 0.237 e. The standard InChI is InChI=1S/C12H24N2O2/c1-11(2,3)14-8-12(4,5)13-10(16)9(14)6-7-15/h9,15H,6-8H2,1-5H3,(H,13,16). The molecule has 1 unspecified atom stereocenters. The van der Waals surface area contributed by atoms with Gasteiger partial charge in [0.05, 0.1) is 6.04 Å². The third-order valence-corrected chi connectivity index (χ3v) is 2.97.